The predicted molar refractivity (Wildman–Crippen MR) is 90.1 cm³/mol. The summed E-state index contributed by atoms with van der Waals surface area (Å²) in [5, 5.41) is 3.49. The number of hydrogen-bond acceptors (Lipinski definition) is 6. The summed E-state index contributed by atoms with van der Waals surface area (Å²) in [4.78, 5) is 12.8. The third kappa shape index (κ3) is 2.79. The van der Waals surface area contributed by atoms with E-state index in [2.05, 4.69) is 20.3 Å². The Balaban J connectivity index is 2.35. The molecule has 130 valence electrons. The van der Waals surface area contributed by atoms with E-state index in [-0.39, 0.29) is 22.8 Å². The number of hydrogen-bond donors (Lipinski definition) is 1. The fourth-order valence-electron chi connectivity index (χ4n) is 2.54. The van der Waals surface area contributed by atoms with Crippen LogP contribution >= 0.6 is 0 Å². The third-order valence-electron chi connectivity index (χ3n) is 3.75. The SMILES string of the molecule is CNc1nc(-c2c(F)c(OC)cc(OC)c2F)cc2cnc(C)nc12. The van der Waals surface area contributed by atoms with Gasteiger partial charge in [0.1, 0.15) is 11.3 Å². The number of pyridine rings is 1. The van der Waals surface area contributed by atoms with Gasteiger partial charge in [-0.15, -0.1) is 0 Å². The summed E-state index contributed by atoms with van der Waals surface area (Å²) < 4.78 is 39.4. The second kappa shape index (κ2) is 6.46. The van der Waals surface area contributed by atoms with Crippen LogP contribution in [-0.4, -0.2) is 36.2 Å². The normalized spacial score (nSPS) is 10.8. The molecule has 1 aromatic carbocycles. The Bertz CT molecular complexity index is 935. The van der Waals surface area contributed by atoms with Gasteiger partial charge in [0.05, 0.1) is 25.5 Å². The molecule has 3 rings (SSSR count). The van der Waals surface area contributed by atoms with Crippen molar-refractivity contribution in [3.05, 3.63) is 35.8 Å². The summed E-state index contributed by atoms with van der Waals surface area (Å²) in [6.45, 7) is 1.75. The fourth-order valence-corrected chi connectivity index (χ4v) is 2.54. The molecule has 0 aliphatic rings. The van der Waals surface area contributed by atoms with Crippen LogP contribution in [0.4, 0.5) is 14.6 Å². The summed E-state index contributed by atoms with van der Waals surface area (Å²) in [5.41, 5.74) is 0.307. The number of aryl methyl sites for hydroxylation is 1. The van der Waals surface area contributed by atoms with Crippen molar-refractivity contribution in [3.8, 4) is 22.8 Å². The van der Waals surface area contributed by atoms with Crippen LogP contribution < -0.4 is 14.8 Å². The second-order valence-corrected chi connectivity index (χ2v) is 5.25. The van der Waals surface area contributed by atoms with E-state index in [0.717, 1.165) is 6.07 Å². The first-order valence-electron chi connectivity index (χ1n) is 7.42. The number of nitrogens with zero attached hydrogens (tertiary/aromatic N) is 3. The molecular formula is C17H16F2N4O2. The monoisotopic (exact) mass is 346 g/mol. The maximum absolute atomic E-state index is 14.7. The van der Waals surface area contributed by atoms with Crippen molar-refractivity contribution in [2.24, 2.45) is 0 Å². The smallest absolute Gasteiger partial charge is 0.177 e. The first-order chi connectivity index (χ1) is 12.0. The van der Waals surface area contributed by atoms with Crippen LogP contribution in [0.2, 0.25) is 0 Å². The highest BCUT2D eigenvalue weighted by atomic mass is 19.1. The lowest BCUT2D eigenvalue weighted by molar-refractivity contribution is 0.359. The number of benzene rings is 1. The third-order valence-corrected chi connectivity index (χ3v) is 3.75. The van der Waals surface area contributed by atoms with Crippen molar-refractivity contribution in [1.29, 1.82) is 0 Å². The topological polar surface area (TPSA) is 69.2 Å². The molecule has 0 unspecified atom stereocenters. The molecule has 0 atom stereocenters. The average Bonchev–Trinajstić information content (AvgIpc) is 2.61. The summed E-state index contributed by atoms with van der Waals surface area (Å²) in [7, 11) is 4.24. The molecule has 0 fully saturated rings. The lowest BCUT2D eigenvalue weighted by Crippen LogP contribution is -2.03. The Morgan fingerprint density at radius 1 is 1.00 bits per heavy atom. The Morgan fingerprint density at radius 3 is 2.20 bits per heavy atom. The first-order valence-corrected chi connectivity index (χ1v) is 7.42. The molecule has 8 heteroatoms. The largest absolute Gasteiger partial charge is 0.494 e. The predicted octanol–water partition coefficient (Wildman–Crippen LogP) is 3.34. The zero-order valence-electron chi connectivity index (χ0n) is 14.1. The van der Waals surface area contributed by atoms with Gasteiger partial charge in [0, 0.05) is 24.7 Å². The van der Waals surface area contributed by atoms with Crippen LogP contribution in [0.5, 0.6) is 11.5 Å². The van der Waals surface area contributed by atoms with Crippen molar-refractivity contribution in [3.63, 3.8) is 0 Å². The Labute approximate surface area is 142 Å². The standard InChI is InChI=1S/C17H16F2N4O2/c1-8-21-7-9-5-10(23-17(20-2)16(9)22-8)13-14(18)11(24-3)6-12(25-4)15(13)19/h5-7H,1-4H3,(H,20,23). The van der Waals surface area contributed by atoms with Crippen LogP contribution in [0.25, 0.3) is 22.2 Å². The number of methoxy groups -OCH3 is 2. The van der Waals surface area contributed by atoms with Gasteiger partial charge >= 0.3 is 0 Å². The van der Waals surface area contributed by atoms with E-state index in [1.165, 1.54) is 20.3 Å². The first kappa shape index (κ1) is 16.8. The number of aromatic nitrogens is 3. The maximum Gasteiger partial charge on any atom is 0.177 e. The molecule has 0 aliphatic carbocycles. The Morgan fingerprint density at radius 2 is 1.64 bits per heavy atom. The summed E-state index contributed by atoms with van der Waals surface area (Å²) >= 11 is 0. The van der Waals surface area contributed by atoms with Crippen molar-refractivity contribution >= 4 is 16.7 Å². The zero-order valence-corrected chi connectivity index (χ0v) is 14.1. The second-order valence-electron chi connectivity index (χ2n) is 5.25. The van der Waals surface area contributed by atoms with E-state index in [1.54, 1.807) is 20.2 Å². The Kier molecular flexibility index (Phi) is 4.35. The molecule has 0 spiro atoms. The lowest BCUT2D eigenvalue weighted by atomic mass is 10.1. The number of nitrogens with one attached hydrogen (secondary N) is 1. The van der Waals surface area contributed by atoms with Gasteiger partial charge in [-0.3, -0.25) is 0 Å². The molecule has 6 nitrogen and oxygen atoms in total. The molecule has 25 heavy (non-hydrogen) atoms. The van der Waals surface area contributed by atoms with E-state index >= 15 is 0 Å². The molecule has 0 bridgehead atoms. The zero-order chi connectivity index (χ0) is 18.1. The number of anilines is 1. The van der Waals surface area contributed by atoms with Gasteiger partial charge in [-0.2, -0.15) is 0 Å². The quantitative estimate of drug-likeness (QED) is 0.781. The molecule has 0 saturated heterocycles. The van der Waals surface area contributed by atoms with E-state index in [1.807, 2.05) is 0 Å². The van der Waals surface area contributed by atoms with Gasteiger partial charge in [0.25, 0.3) is 0 Å². The molecule has 3 aromatic rings. The van der Waals surface area contributed by atoms with Crippen LogP contribution in [0.15, 0.2) is 18.3 Å². The van der Waals surface area contributed by atoms with Crippen molar-refractivity contribution in [2.45, 2.75) is 6.92 Å². The number of fused-ring (bicyclic) bond motifs is 1. The van der Waals surface area contributed by atoms with Crippen LogP contribution in [0, 0.1) is 18.6 Å². The molecule has 2 aromatic heterocycles. The minimum atomic E-state index is -0.859. The molecule has 0 amide bonds. The van der Waals surface area contributed by atoms with Crippen molar-refractivity contribution in [1.82, 2.24) is 15.0 Å². The molecule has 0 saturated carbocycles. The molecule has 0 aliphatic heterocycles. The molecule has 2 heterocycles. The van der Waals surface area contributed by atoms with Crippen LogP contribution in [0.1, 0.15) is 5.82 Å². The van der Waals surface area contributed by atoms with Gasteiger partial charge in [0.2, 0.25) is 0 Å². The molecular weight excluding hydrogens is 330 g/mol. The highest BCUT2D eigenvalue weighted by Crippen LogP contribution is 2.38. The maximum atomic E-state index is 14.7. The van der Waals surface area contributed by atoms with Gasteiger partial charge in [-0.25, -0.2) is 23.7 Å². The lowest BCUT2D eigenvalue weighted by Gasteiger charge is -2.14. The fraction of sp³-hybridized carbons (Fsp3) is 0.235. The number of ether oxygens (including phenoxy) is 2. The van der Waals surface area contributed by atoms with Gasteiger partial charge in [-0.1, -0.05) is 0 Å². The van der Waals surface area contributed by atoms with Crippen molar-refractivity contribution < 1.29 is 18.3 Å². The summed E-state index contributed by atoms with van der Waals surface area (Å²) in [6, 6.07) is 2.68. The van der Waals surface area contributed by atoms with E-state index < -0.39 is 11.6 Å². The summed E-state index contributed by atoms with van der Waals surface area (Å²) in [5.74, 6) is -1.04. The Hall–Kier alpha value is -3.03. The van der Waals surface area contributed by atoms with Crippen LogP contribution in [-0.2, 0) is 0 Å². The number of rotatable bonds is 4. The summed E-state index contributed by atoms with van der Waals surface area (Å²) in [6.07, 6.45) is 1.58. The minimum absolute atomic E-state index is 0.0801. The minimum Gasteiger partial charge on any atom is -0.494 e. The van der Waals surface area contributed by atoms with Crippen LogP contribution in [0.3, 0.4) is 0 Å². The van der Waals surface area contributed by atoms with E-state index in [0.29, 0.717) is 22.5 Å². The highest BCUT2D eigenvalue weighted by Gasteiger charge is 2.23. The van der Waals surface area contributed by atoms with E-state index in [4.69, 9.17) is 9.47 Å². The molecule has 1 N–H and O–H groups in total. The van der Waals surface area contributed by atoms with Gasteiger partial charge in [0.15, 0.2) is 29.0 Å². The molecule has 0 radical (unpaired) electrons. The number of halogens is 2. The van der Waals surface area contributed by atoms with E-state index in [9.17, 15) is 8.78 Å². The van der Waals surface area contributed by atoms with Crippen molar-refractivity contribution in [2.75, 3.05) is 26.6 Å². The average molecular weight is 346 g/mol. The van der Waals surface area contributed by atoms with Gasteiger partial charge < -0.3 is 14.8 Å². The highest BCUT2D eigenvalue weighted by molar-refractivity contribution is 5.91. The van der Waals surface area contributed by atoms with Gasteiger partial charge in [-0.05, 0) is 13.0 Å².